The Morgan fingerprint density at radius 2 is 2.33 bits per heavy atom. The summed E-state index contributed by atoms with van der Waals surface area (Å²) in [6.07, 6.45) is 0.474. The number of rotatable bonds is 1. The zero-order valence-electron chi connectivity index (χ0n) is 5.38. The van der Waals surface area contributed by atoms with E-state index in [0.717, 1.165) is 19.5 Å². The highest BCUT2D eigenvalue weighted by Crippen LogP contribution is 2.09. The van der Waals surface area contributed by atoms with Gasteiger partial charge in [-0.3, -0.25) is 0 Å². The third kappa shape index (κ3) is 1.64. The zero-order valence-corrected chi connectivity index (χ0v) is 5.38. The summed E-state index contributed by atoms with van der Waals surface area (Å²) in [4.78, 5) is 0. The molecule has 3 nitrogen and oxygen atoms in total. The zero-order chi connectivity index (χ0) is 6.69. The molecule has 1 fully saturated rings. The molecule has 0 aromatic carbocycles. The van der Waals surface area contributed by atoms with E-state index in [1.54, 1.807) is 0 Å². The van der Waals surface area contributed by atoms with Crippen LogP contribution in [0.4, 0.5) is 0 Å². The first-order valence-electron chi connectivity index (χ1n) is 3.34. The quantitative estimate of drug-likeness (QED) is 0.425. The number of aliphatic hydroxyl groups excluding tert-OH is 2. The van der Waals surface area contributed by atoms with Crippen LogP contribution >= 0.6 is 0 Å². The molecule has 0 unspecified atom stereocenters. The van der Waals surface area contributed by atoms with Crippen molar-refractivity contribution >= 4 is 0 Å². The Hall–Kier alpha value is -0.120. The van der Waals surface area contributed by atoms with Crippen LogP contribution in [0.15, 0.2) is 0 Å². The topological polar surface area (TPSA) is 52.5 Å². The van der Waals surface area contributed by atoms with E-state index in [2.05, 4.69) is 5.32 Å². The third-order valence-electron chi connectivity index (χ3n) is 1.80. The maximum atomic E-state index is 9.17. The maximum Gasteiger partial charge on any atom is 0.0614 e. The molecule has 1 heterocycles. The van der Waals surface area contributed by atoms with Crippen molar-refractivity contribution in [1.82, 2.24) is 5.32 Å². The molecule has 9 heavy (non-hydrogen) atoms. The predicted molar refractivity (Wildman–Crippen MR) is 34.1 cm³/mol. The lowest BCUT2D eigenvalue weighted by Crippen LogP contribution is -2.41. The van der Waals surface area contributed by atoms with E-state index >= 15 is 0 Å². The number of hydrogen-bond donors (Lipinski definition) is 3. The summed E-state index contributed by atoms with van der Waals surface area (Å²) in [5.41, 5.74) is 0. The molecular weight excluding hydrogens is 118 g/mol. The standard InChI is InChI=1S/C6H13NO2/c8-4-5-3-7-2-1-6(5)9/h5-9H,1-4H2/t5-,6+/m0/s1. The van der Waals surface area contributed by atoms with Crippen molar-refractivity contribution in [2.75, 3.05) is 19.7 Å². The molecule has 3 N–H and O–H groups in total. The summed E-state index contributed by atoms with van der Waals surface area (Å²) in [5, 5.41) is 20.9. The average molecular weight is 131 g/mol. The highest BCUT2D eigenvalue weighted by molar-refractivity contribution is 4.75. The van der Waals surface area contributed by atoms with Gasteiger partial charge in [-0.1, -0.05) is 0 Å². The normalized spacial score (nSPS) is 36.7. The first kappa shape index (κ1) is 6.99. The van der Waals surface area contributed by atoms with Gasteiger partial charge in [0.25, 0.3) is 0 Å². The second kappa shape index (κ2) is 3.15. The van der Waals surface area contributed by atoms with E-state index in [-0.39, 0.29) is 18.6 Å². The van der Waals surface area contributed by atoms with E-state index < -0.39 is 0 Å². The van der Waals surface area contributed by atoms with Crippen molar-refractivity contribution in [1.29, 1.82) is 0 Å². The van der Waals surface area contributed by atoms with Crippen LogP contribution in [0.1, 0.15) is 6.42 Å². The van der Waals surface area contributed by atoms with Crippen molar-refractivity contribution < 1.29 is 10.2 Å². The van der Waals surface area contributed by atoms with E-state index in [0.29, 0.717) is 0 Å². The predicted octanol–water partition coefficient (Wildman–Crippen LogP) is -1.05. The molecule has 0 aromatic heterocycles. The van der Waals surface area contributed by atoms with Crippen LogP contribution in [-0.4, -0.2) is 36.0 Å². The van der Waals surface area contributed by atoms with Gasteiger partial charge in [-0.15, -0.1) is 0 Å². The van der Waals surface area contributed by atoms with E-state index in [4.69, 9.17) is 10.2 Å². The Morgan fingerprint density at radius 3 is 2.78 bits per heavy atom. The number of aliphatic hydroxyl groups is 2. The molecule has 0 radical (unpaired) electrons. The summed E-state index contributed by atoms with van der Waals surface area (Å²) < 4.78 is 0. The van der Waals surface area contributed by atoms with Crippen LogP contribution in [0, 0.1) is 5.92 Å². The van der Waals surface area contributed by atoms with Crippen LogP contribution in [0.25, 0.3) is 0 Å². The van der Waals surface area contributed by atoms with Crippen molar-refractivity contribution in [3.8, 4) is 0 Å². The molecule has 54 valence electrons. The molecule has 1 saturated heterocycles. The Bertz CT molecular complexity index is 87.1. The Balaban J connectivity index is 2.30. The van der Waals surface area contributed by atoms with Gasteiger partial charge in [-0.25, -0.2) is 0 Å². The summed E-state index contributed by atoms with van der Waals surface area (Å²) in [6.45, 7) is 1.71. The lowest BCUT2D eigenvalue weighted by Gasteiger charge is -2.26. The van der Waals surface area contributed by atoms with Gasteiger partial charge in [0.2, 0.25) is 0 Å². The van der Waals surface area contributed by atoms with Crippen molar-refractivity contribution in [2.24, 2.45) is 5.92 Å². The molecular formula is C6H13NO2. The van der Waals surface area contributed by atoms with Gasteiger partial charge in [0, 0.05) is 19.1 Å². The second-order valence-electron chi connectivity index (χ2n) is 2.50. The molecule has 1 aliphatic rings. The minimum atomic E-state index is -0.295. The molecule has 0 spiro atoms. The molecule has 2 atom stereocenters. The number of piperidine rings is 1. The fourth-order valence-electron chi connectivity index (χ4n) is 1.10. The first-order valence-corrected chi connectivity index (χ1v) is 3.34. The molecule has 0 aromatic rings. The second-order valence-corrected chi connectivity index (χ2v) is 2.50. The molecule has 3 heteroatoms. The van der Waals surface area contributed by atoms with Crippen molar-refractivity contribution in [2.45, 2.75) is 12.5 Å². The summed E-state index contributed by atoms with van der Waals surface area (Å²) >= 11 is 0. The van der Waals surface area contributed by atoms with Gasteiger partial charge in [-0.2, -0.15) is 0 Å². The average Bonchev–Trinajstić information content (AvgIpc) is 1.89. The number of hydrogen-bond acceptors (Lipinski definition) is 3. The minimum Gasteiger partial charge on any atom is -0.396 e. The monoisotopic (exact) mass is 131 g/mol. The maximum absolute atomic E-state index is 9.17. The Kier molecular flexibility index (Phi) is 2.45. The van der Waals surface area contributed by atoms with Gasteiger partial charge < -0.3 is 15.5 Å². The smallest absolute Gasteiger partial charge is 0.0614 e. The van der Waals surface area contributed by atoms with E-state index in [1.165, 1.54) is 0 Å². The third-order valence-corrected chi connectivity index (χ3v) is 1.80. The van der Waals surface area contributed by atoms with Gasteiger partial charge in [-0.05, 0) is 13.0 Å². The van der Waals surface area contributed by atoms with Crippen LogP contribution < -0.4 is 5.32 Å². The lowest BCUT2D eigenvalue weighted by molar-refractivity contribution is 0.0447. The Labute approximate surface area is 54.7 Å². The van der Waals surface area contributed by atoms with Crippen LogP contribution in [0.2, 0.25) is 0 Å². The SMILES string of the molecule is OC[C@@H]1CNCC[C@H]1O. The van der Waals surface area contributed by atoms with Crippen LogP contribution in [0.5, 0.6) is 0 Å². The van der Waals surface area contributed by atoms with Gasteiger partial charge in [0.05, 0.1) is 6.10 Å². The minimum absolute atomic E-state index is 0.0544. The summed E-state index contributed by atoms with van der Waals surface area (Å²) in [6, 6.07) is 0. The molecule has 1 rings (SSSR count). The molecule has 0 amide bonds. The van der Waals surface area contributed by atoms with E-state index in [1.807, 2.05) is 0 Å². The summed E-state index contributed by atoms with van der Waals surface area (Å²) in [7, 11) is 0. The van der Waals surface area contributed by atoms with Crippen molar-refractivity contribution in [3.05, 3.63) is 0 Å². The Morgan fingerprint density at radius 1 is 1.56 bits per heavy atom. The molecule has 0 bridgehead atoms. The first-order chi connectivity index (χ1) is 4.34. The van der Waals surface area contributed by atoms with Crippen molar-refractivity contribution in [3.63, 3.8) is 0 Å². The van der Waals surface area contributed by atoms with Crippen LogP contribution in [0.3, 0.4) is 0 Å². The highest BCUT2D eigenvalue weighted by atomic mass is 16.3. The largest absolute Gasteiger partial charge is 0.396 e. The fourth-order valence-corrected chi connectivity index (χ4v) is 1.10. The van der Waals surface area contributed by atoms with Gasteiger partial charge in [0.1, 0.15) is 0 Å². The fraction of sp³-hybridized carbons (Fsp3) is 1.00. The van der Waals surface area contributed by atoms with Crippen LogP contribution in [-0.2, 0) is 0 Å². The lowest BCUT2D eigenvalue weighted by atomic mass is 9.97. The summed E-state index contributed by atoms with van der Waals surface area (Å²) in [5.74, 6) is 0.0544. The van der Waals surface area contributed by atoms with Gasteiger partial charge >= 0.3 is 0 Å². The highest BCUT2D eigenvalue weighted by Gasteiger charge is 2.21. The number of nitrogens with one attached hydrogen (secondary N) is 1. The molecule has 0 saturated carbocycles. The molecule has 1 aliphatic heterocycles. The van der Waals surface area contributed by atoms with E-state index in [9.17, 15) is 0 Å². The molecule has 0 aliphatic carbocycles. The van der Waals surface area contributed by atoms with Gasteiger partial charge in [0.15, 0.2) is 0 Å².